The van der Waals surface area contributed by atoms with Crippen LogP contribution in [0, 0.1) is 5.92 Å². The summed E-state index contributed by atoms with van der Waals surface area (Å²) in [6, 6.07) is 9.32. The molecule has 0 spiro atoms. The van der Waals surface area contributed by atoms with Gasteiger partial charge in [-0.25, -0.2) is 18.1 Å². The standard InChI is InChI=1S/C20H21ClN4O2S/c21-14-3-5-18-16(9-14)17-12-25(8-7-19(17)24-18)20-6-4-15(11-22-20)28(26,27)23-10-13-1-2-13/h3-6,9,11,13,23-24H,1-2,7-8,10,12H2. The lowest BCUT2D eigenvalue weighted by molar-refractivity contribution is 0.577. The van der Waals surface area contributed by atoms with Crippen molar-refractivity contribution in [2.75, 3.05) is 18.0 Å². The van der Waals surface area contributed by atoms with Gasteiger partial charge in [0.1, 0.15) is 10.7 Å². The molecule has 0 saturated heterocycles. The Morgan fingerprint density at radius 3 is 2.86 bits per heavy atom. The molecule has 1 saturated carbocycles. The van der Waals surface area contributed by atoms with Crippen LogP contribution in [0.3, 0.4) is 0 Å². The molecule has 0 amide bonds. The average Bonchev–Trinajstić information content (AvgIpc) is 3.47. The van der Waals surface area contributed by atoms with E-state index < -0.39 is 10.0 Å². The van der Waals surface area contributed by atoms with E-state index in [1.54, 1.807) is 12.1 Å². The number of benzene rings is 1. The highest BCUT2D eigenvalue weighted by Crippen LogP contribution is 2.31. The van der Waals surface area contributed by atoms with E-state index >= 15 is 0 Å². The fourth-order valence-electron chi connectivity index (χ4n) is 3.73. The maximum absolute atomic E-state index is 12.4. The maximum atomic E-state index is 12.4. The molecule has 0 radical (unpaired) electrons. The highest BCUT2D eigenvalue weighted by molar-refractivity contribution is 7.89. The van der Waals surface area contributed by atoms with Gasteiger partial charge in [-0.2, -0.15) is 0 Å². The van der Waals surface area contributed by atoms with Crippen molar-refractivity contribution in [1.82, 2.24) is 14.7 Å². The van der Waals surface area contributed by atoms with Crippen molar-refractivity contribution < 1.29 is 8.42 Å². The lowest BCUT2D eigenvalue weighted by Crippen LogP contribution is -2.31. The van der Waals surface area contributed by atoms with Gasteiger partial charge >= 0.3 is 0 Å². The number of nitrogens with zero attached hydrogens (tertiary/aromatic N) is 2. The quantitative estimate of drug-likeness (QED) is 0.667. The molecule has 3 aromatic rings. The fraction of sp³-hybridized carbons (Fsp3) is 0.350. The minimum Gasteiger partial charge on any atom is -0.358 e. The van der Waals surface area contributed by atoms with Gasteiger partial charge < -0.3 is 9.88 Å². The van der Waals surface area contributed by atoms with E-state index in [1.807, 2.05) is 18.2 Å². The Morgan fingerprint density at radius 2 is 2.11 bits per heavy atom. The van der Waals surface area contributed by atoms with Gasteiger partial charge in [0.05, 0.1) is 0 Å². The van der Waals surface area contributed by atoms with E-state index in [2.05, 4.69) is 19.6 Å². The first-order valence-corrected chi connectivity index (χ1v) is 11.4. The highest BCUT2D eigenvalue weighted by atomic mass is 35.5. The molecule has 2 aliphatic rings. The van der Waals surface area contributed by atoms with Gasteiger partial charge in [-0.3, -0.25) is 0 Å². The fourth-order valence-corrected chi connectivity index (χ4v) is 4.97. The molecule has 0 bridgehead atoms. The second kappa shape index (κ2) is 6.76. The minimum atomic E-state index is -3.49. The molecule has 1 fully saturated rings. The molecule has 2 N–H and O–H groups in total. The number of hydrogen-bond acceptors (Lipinski definition) is 4. The number of H-pyrrole nitrogens is 1. The van der Waals surface area contributed by atoms with Crippen LogP contribution in [-0.4, -0.2) is 31.5 Å². The van der Waals surface area contributed by atoms with Crippen LogP contribution in [0.15, 0.2) is 41.4 Å². The first-order chi connectivity index (χ1) is 13.5. The van der Waals surface area contributed by atoms with Gasteiger partial charge in [0.25, 0.3) is 0 Å². The number of aromatic nitrogens is 2. The van der Waals surface area contributed by atoms with Crippen LogP contribution in [0.4, 0.5) is 5.82 Å². The summed E-state index contributed by atoms with van der Waals surface area (Å²) >= 11 is 6.18. The predicted molar refractivity (Wildman–Crippen MR) is 110 cm³/mol. The summed E-state index contributed by atoms with van der Waals surface area (Å²) in [6.07, 6.45) is 4.55. The molecule has 0 unspecified atom stereocenters. The zero-order valence-corrected chi connectivity index (χ0v) is 16.9. The molecule has 0 atom stereocenters. The molecule has 28 heavy (non-hydrogen) atoms. The summed E-state index contributed by atoms with van der Waals surface area (Å²) in [4.78, 5) is 10.3. The molecule has 1 aliphatic heterocycles. The Morgan fingerprint density at radius 1 is 1.25 bits per heavy atom. The predicted octanol–water partition coefficient (Wildman–Crippen LogP) is 3.47. The van der Waals surface area contributed by atoms with Crippen LogP contribution in [-0.2, 0) is 23.0 Å². The summed E-state index contributed by atoms with van der Waals surface area (Å²) in [5.74, 6) is 1.28. The van der Waals surface area contributed by atoms with E-state index in [0.717, 1.165) is 47.6 Å². The first kappa shape index (κ1) is 18.0. The van der Waals surface area contributed by atoms with Gasteiger partial charge in [0.15, 0.2) is 0 Å². The van der Waals surface area contributed by atoms with Crippen LogP contribution in [0.25, 0.3) is 10.9 Å². The molecule has 8 heteroatoms. The molecule has 2 aromatic heterocycles. The Balaban J connectivity index is 1.37. The van der Waals surface area contributed by atoms with E-state index in [1.165, 1.54) is 17.5 Å². The topological polar surface area (TPSA) is 78.1 Å². The molecular formula is C20H21ClN4O2S. The second-order valence-electron chi connectivity index (χ2n) is 7.59. The van der Waals surface area contributed by atoms with Gasteiger partial charge in [-0.05, 0) is 49.1 Å². The number of anilines is 1. The molecular weight excluding hydrogens is 396 g/mol. The summed E-state index contributed by atoms with van der Waals surface area (Å²) in [5, 5.41) is 1.86. The van der Waals surface area contributed by atoms with Crippen LogP contribution >= 0.6 is 11.6 Å². The van der Waals surface area contributed by atoms with Crippen molar-refractivity contribution in [3.05, 3.63) is 52.8 Å². The number of rotatable bonds is 5. The van der Waals surface area contributed by atoms with Gasteiger partial charge in [0.2, 0.25) is 10.0 Å². The monoisotopic (exact) mass is 416 g/mol. The Kier molecular flexibility index (Phi) is 4.34. The van der Waals surface area contributed by atoms with Gasteiger partial charge in [-0.1, -0.05) is 11.6 Å². The van der Waals surface area contributed by atoms with Crippen LogP contribution in [0.1, 0.15) is 24.1 Å². The van der Waals surface area contributed by atoms with Crippen molar-refractivity contribution >= 4 is 38.3 Å². The number of sulfonamides is 1. The maximum Gasteiger partial charge on any atom is 0.242 e. The number of pyridine rings is 1. The summed E-state index contributed by atoms with van der Waals surface area (Å²) in [6.45, 7) is 2.06. The third-order valence-electron chi connectivity index (χ3n) is 5.55. The van der Waals surface area contributed by atoms with Crippen molar-refractivity contribution in [2.45, 2.75) is 30.7 Å². The van der Waals surface area contributed by atoms with Gasteiger partial charge in [0, 0.05) is 59.4 Å². The average molecular weight is 417 g/mol. The lowest BCUT2D eigenvalue weighted by atomic mass is 10.0. The van der Waals surface area contributed by atoms with Crippen LogP contribution < -0.4 is 9.62 Å². The molecule has 5 rings (SSSR count). The third-order valence-corrected chi connectivity index (χ3v) is 7.20. The first-order valence-electron chi connectivity index (χ1n) is 9.49. The highest BCUT2D eigenvalue weighted by Gasteiger charge is 2.25. The normalized spacial score (nSPS) is 17.1. The van der Waals surface area contributed by atoms with E-state index in [9.17, 15) is 8.42 Å². The Labute approximate surface area is 169 Å². The van der Waals surface area contributed by atoms with E-state index in [0.29, 0.717) is 19.0 Å². The van der Waals surface area contributed by atoms with Gasteiger partial charge in [-0.15, -0.1) is 0 Å². The SMILES string of the molecule is O=S(=O)(NCC1CC1)c1ccc(N2CCc3[nH]c4ccc(Cl)cc4c3C2)nc1. The minimum absolute atomic E-state index is 0.216. The zero-order chi connectivity index (χ0) is 19.3. The van der Waals surface area contributed by atoms with Crippen LogP contribution in [0.2, 0.25) is 5.02 Å². The number of nitrogens with one attached hydrogen (secondary N) is 2. The zero-order valence-electron chi connectivity index (χ0n) is 15.3. The molecule has 1 aliphatic carbocycles. The number of hydrogen-bond donors (Lipinski definition) is 2. The third kappa shape index (κ3) is 3.38. The number of halogens is 1. The number of fused-ring (bicyclic) bond motifs is 3. The Bertz CT molecular complexity index is 1140. The summed E-state index contributed by atoms with van der Waals surface area (Å²) in [7, 11) is -3.49. The van der Waals surface area contributed by atoms with Crippen molar-refractivity contribution in [2.24, 2.45) is 5.92 Å². The summed E-state index contributed by atoms with van der Waals surface area (Å²) in [5.41, 5.74) is 3.55. The molecule has 3 heterocycles. The Hall–Kier alpha value is -2.09. The largest absolute Gasteiger partial charge is 0.358 e. The van der Waals surface area contributed by atoms with Crippen molar-refractivity contribution in [3.8, 4) is 0 Å². The lowest BCUT2D eigenvalue weighted by Gasteiger charge is -2.28. The van der Waals surface area contributed by atoms with Crippen LogP contribution in [0.5, 0.6) is 0 Å². The number of aromatic amines is 1. The smallest absolute Gasteiger partial charge is 0.242 e. The van der Waals surface area contributed by atoms with Crippen molar-refractivity contribution in [3.63, 3.8) is 0 Å². The summed E-state index contributed by atoms with van der Waals surface area (Å²) < 4.78 is 27.4. The molecule has 6 nitrogen and oxygen atoms in total. The second-order valence-corrected chi connectivity index (χ2v) is 9.79. The molecule has 146 valence electrons. The molecule has 1 aromatic carbocycles. The van der Waals surface area contributed by atoms with Crippen molar-refractivity contribution in [1.29, 1.82) is 0 Å². The van der Waals surface area contributed by atoms with E-state index in [4.69, 9.17) is 11.6 Å². The van der Waals surface area contributed by atoms with E-state index in [-0.39, 0.29) is 4.90 Å².